The summed E-state index contributed by atoms with van der Waals surface area (Å²) >= 11 is 4.21. The minimum absolute atomic E-state index is 0.537. The lowest BCUT2D eigenvalue weighted by Crippen LogP contribution is -2.29. The van der Waals surface area contributed by atoms with Crippen LogP contribution in [0.15, 0.2) is 6.20 Å². The van der Waals surface area contributed by atoms with E-state index in [1.807, 2.05) is 17.5 Å². The number of nitrogens with one attached hydrogen (secondary N) is 1. The lowest BCUT2D eigenvalue weighted by Gasteiger charge is -2.23. The molecule has 94 valence electrons. The van der Waals surface area contributed by atoms with Crippen LogP contribution in [-0.4, -0.2) is 36.1 Å². The van der Waals surface area contributed by atoms with Crippen LogP contribution in [0.2, 0.25) is 0 Å². The number of hydrogen-bond donors (Lipinski definition) is 1. The van der Waals surface area contributed by atoms with Crippen LogP contribution < -0.4 is 5.32 Å². The van der Waals surface area contributed by atoms with Crippen LogP contribution in [0.5, 0.6) is 0 Å². The standard InChI is InChI=1S/C12H18IN3S/c1-16-5-4-8(6-14-9-2-3-9)11(16)12-15-7-10(13)17-12/h7-9,11,14H,2-6H2,1H3. The van der Waals surface area contributed by atoms with E-state index in [2.05, 4.69) is 44.8 Å². The maximum atomic E-state index is 4.58. The lowest BCUT2D eigenvalue weighted by molar-refractivity contribution is 0.271. The average Bonchev–Trinajstić information content (AvgIpc) is 2.93. The average molecular weight is 363 g/mol. The number of likely N-dealkylation sites (tertiary alicyclic amines) is 1. The normalized spacial score (nSPS) is 30.0. The fraction of sp³-hybridized carbons (Fsp3) is 0.750. The highest BCUT2D eigenvalue weighted by Crippen LogP contribution is 2.38. The van der Waals surface area contributed by atoms with Gasteiger partial charge in [-0.2, -0.15) is 0 Å². The fourth-order valence-electron chi connectivity index (χ4n) is 2.64. The van der Waals surface area contributed by atoms with E-state index in [1.165, 1.54) is 33.7 Å². The zero-order chi connectivity index (χ0) is 11.8. The van der Waals surface area contributed by atoms with E-state index in [0.29, 0.717) is 6.04 Å². The van der Waals surface area contributed by atoms with Gasteiger partial charge < -0.3 is 5.32 Å². The van der Waals surface area contributed by atoms with E-state index in [9.17, 15) is 0 Å². The third kappa shape index (κ3) is 2.83. The first-order chi connectivity index (χ1) is 8.24. The smallest absolute Gasteiger partial charge is 0.111 e. The number of aromatic nitrogens is 1. The first-order valence-corrected chi connectivity index (χ1v) is 8.18. The summed E-state index contributed by atoms with van der Waals surface area (Å²) in [6.07, 6.45) is 6.06. The zero-order valence-corrected chi connectivity index (χ0v) is 13.0. The molecule has 5 heteroatoms. The topological polar surface area (TPSA) is 28.2 Å². The van der Waals surface area contributed by atoms with Gasteiger partial charge in [0.05, 0.1) is 15.1 Å². The Morgan fingerprint density at radius 2 is 2.35 bits per heavy atom. The first-order valence-electron chi connectivity index (χ1n) is 6.29. The number of rotatable bonds is 4. The zero-order valence-electron chi connectivity index (χ0n) is 10.0. The van der Waals surface area contributed by atoms with Crippen LogP contribution in [0, 0.1) is 8.80 Å². The molecule has 2 heterocycles. The lowest BCUT2D eigenvalue weighted by atomic mass is 10.0. The van der Waals surface area contributed by atoms with Crippen molar-refractivity contribution in [2.75, 3.05) is 20.1 Å². The Bertz CT molecular complexity index is 391. The highest BCUT2D eigenvalue weighted by atomic mass is 127. The van der Waals surface area contributed by atoms with Crippen LogP contribution in [0.25, 0.3) is 0 Å². The molecule has 1 N–H and O–H groups in total. The Labute approximate surface area is 120 Å². The van der Waals surface area contributed by atoms with E-state index in [4.69, 9.17) is 0 Å². The second kappa shape index (κ2) is 5.11. The minimum atomic E-state index is 0.537. The van der Waals surface area contributed by atoms with Gasteiger partial charge in [0.2, 0.25) is 0 Å². The van der Waals surface area contributed by atoms with Crippen molar-refractivity contribution in [2.45, 2.75) is 31.3 Å². The third-order valence-corrected chi connectivity index (χ3v) is 5.56. The molecule has 1 aromatic rings. The number of halogens is 1. The Morgan fingerprint density at radius 3 is 3.00 bits per heavy atom. The molecule has 0 amide bonds. The molecule has 3 rings (SSSR count). The Balaban J connectivity index is 1.69. The fourth-order valence-corrected chi connectivity index (χ4v) is 4.36. The van der Waals surface area contributed by atoms with Gasteiger partial charge in [-0.1, -0.05) is 0 Å². The SMILES string of the molecule is CN1CCC(CNC2CC2)C1c1ncc(I)s1. The minimum Gasteiger partial charge on any atom is -0.314 e. The second-order valence-corrected chi connectivity index (χ2v) is 8.12. The molecule has 17 heavy (non-hydrogen) atoms. The molecule has 2 atom stereocenters. The molecule has 0 aromatic carbocycles. The van der Waals surface area contributed by atoms with Crippen molar-refractivity contribution < 1.29 is 0 Å². The summed E-state index contributed by atoms with van der Waals surface area (Å²) in [6.45, 7) is 2.37. The Morgan fingerprint density at radius 1 is 1.53 bits per heavy atom. The first kappa shape index (κ1) is 12.3. The molecule has 2 fully saturated rings. The quantitative estimate of drug-likeness (QED) is 0.834. The van der Waals surface area contributed by atoms with Gasteiger partial charge in [-0.15, -0.1) is 11.3 Å². The van der Waals surface area contributed by atoms with Crippen molar-refractivity contribution in [1.29, 1.82) is 0 Å². The molecule has 0 spiro atoms. The summed E-state index contributed by atoms with van der Waals surface area (Å²) in [5.41, 5.74) is 0. The molecule has 0 bridgehead atoms. The molecular formula is C12H18IN3S. The Kier molecular flexibility index (Phi) is 3.70. The summed E-state index contributed by atoms with van der Waals surface area (Å²) in [5, 5.41) is 4.98. The molecule has 1 saturated carbocycles. The molecule has 2 unspecified atom stereocenters. The summed E-state index contributed by atoms with van der Waals surface area (Å²) in [6, 6.07) is 1.35. The van der Waals surface area contributed by atoms with Crippen LogP contribution in [0.4, 0.5) is 0 Å². The third-order valence-electron chi connectivity index (χ3n) is 3.77. The van der Waals surface area contributed by atoms with E-state index in [1.54, 1.807) is 0 Å². The van der Waals surface area contributed by atoms with Crippen LogP contribution in [0.1, 0.15) is 30.3 Å². The molecular weight excluding hydrogens is 345 g/mol. The second-order valence-electron chi connectivity index (χ2n) is 5.16. The number of nitrogens with zero attached hydrogens (tertiary/aromatic N) is 2. The van der Waals surface area contributed by atoms with Gasteiger partial charge in [-0.05, 0) is 61.4 Å². The van der Waals surface area contributed by atoms with Gasteiger partial charge in [0.25, 0.3) is 0 Å². The van der Waals surface area contributed by atoms with Crippen molar-refractivity contribution >= 4 is 33.9 Å². The Hall–Kier alpha value is 0.280. The van der Waals surface area contributed by atoms with Crippen LogP contribution in [0.3, 0.4) is 0 Å². The molecule has 3 nitrogen and oxygen atoms in total. The maximum Gasteiger partial charge on any atom is 0.111 e. The highest BCUT2D eigenvalue weighted by Gasteiger charge is 2.35. The summed E-state index contributed by atoms with van der Waals surface area (Å²) < 4.78 is 1.30. The molecule has 1 saturated heterocycles. The predicted octanol–water partition coefficient (Wildman–Crippen LogP) is 2.49. The highest BCUT2D eigenvalue weighted by molar-refractivity contribution is 14.1. The monoisotopic (exact) mass is 363 g/mol. The van der Waals surface area contributed by atoms with Gasteiger partial charge >= 0.3 is 0 Å². The molecule has 2 aliphatic rings. The van der Waals surface area contributed by atoms with Crippen molar-refractivity contribution in [2.24, 2.45) is 5.92 Å². The van der Waals surface area contributed by atoms with Crippen molar-refractivity contribution in [1.82, 2.24) is 15.2 Å². The van der Waals surface area contributed by atoms with Crippen molar-refractivity contribution in [3.05, 3.63) is 14.1 Å². The van der Waals surface area contributed by atoms with Crippen molar-refractivity contribution in [3.63, 3.8) is 0 Å². The summed E-state index contributed by atoms with van der Waals surface area (Å²) in [5.74, 6) is 0.738. The summed E-state index contributed by atoms with van der Waals surface area (Å²) in [7, 11) is 2.23. The van der Waals surface area contributed by atoms with E-state index >= 15 is 0 Å². The largest absolute Gasteiger partial charge is 0.314 e. The van der Waals surface area contributed by atoms with Gasteiger partial charge in [0.15, 0.2) is 0 Å². The maximum absolute atomic E-state index is 4.58. The van der Waals surface area contributed by atoms with E-state index < -0.39 is 0 Å². The van der Waals surface area contributed by atoms with Gasteiger partial charge in [0.1, 0.15) is 5.01 Å². The summed E-state index contributed by atoms with van der Waals surface area (Å²) in [4.78, 5) is 7.05. The number of thiazole rings is 1. The molecule has 1 aliphatic heterocycles. The molecule has 1 aromatic heterocycles. The number of hydrogen-bond acceptors (Lipinski definition) is 4. The van der Waals surface area contributed by atoms with E-state index in [0.717, 1.165) is 18.5 Å². The molecule has 1 aliphatic carbocycles. The molecule has 0 radical (unpaired) electrons. The van der Waals surface area contributed by atoms with Crippen molar-refractivity contribution in [3.8, 4) is 0 Å². The van der Waals surface area contributed by atoms with Crippen LogP contribution in [-0.2, 0) is 0 Å². The van der Waals surface area contributed by atoms with Crippen LogP contribution >= 0.6 is 33.9 Å². The predicted molar refractivity (Wildman–Crippen MR) is 79.3 cm³/mol. The van der Waals surface area contributed by atoms with Gasteiger partial charge in [-0.3, -0.25) is 4.90 Å². The van der Waals surface area contributed by atoms with Gasteiger partial charge in [0, 0.05) is 12.6 Å². The van der Waals surface area contributed by atoms with Gasteiger partial charge in [-0.25, -0.2) is 4.98 Å². The van der Waals surface area contributed by atoms with E-state index in [-0.39, 0.29) is 0 Å².